The molecule has 3 rings (SSSR count). The molecule has 0 saturated heterocycles. The number of rotatable bonds is 11. The van der Waals surface area contributed by atoms with E-state index in [0.29, 0.717) is 35.3 Å². The van der Waals surface area contributed by atoms with Gasteiger partial charge in [0, 0.05) is 18.0 Å². The van der Waals surface area contributed by atoms with E-state index in [4.69, 9.17) is 4.74 Å². The monoisotopic (exact) mass is 488 g/mol. The van der Waals surface area contributed by atoms with Gasteiger partial charge in [0.05, 0.1) is 23.7 Å². The summed E-state index contributed by atoms with van der Waals surface area (Å²) in [6.07, 6.45) is 0. The van der Waals surface area contributed by atoms with Crippen molar-refractivity contribution in [2.75, 3.05) is 17.7 Å². The van der Waals surface area contributed by atoms with Gasteiger partial charge in [-0.1, -0.05) is 23.9 Å². The van der Waals surface area contributed by atoms with Gasteiger partial charge in [-0.2, -0.15) is 0 Å². The average Bonchev–Trinajstić information content (AvgIpc) is 3.21. The molecule has 0 unspecified atom stereocenters. The molecule has 1 heterocycles. The first-order valence-electron chi connectivity index (χ1n) is 10.4. The molecule has 0 radical (unpaired) electrons. The molecule has 3 aromatic rings. The van der Waals surface area contributed by atoms with Crippen molar-refractivity contribution in [2.45, 2.75) is 37.1 Å². The Labute approximate surface area is 200 Å². The van der Waals surface area contributed by atoms with Gasteiger partial charge >= 0.3 is 5.97 Å². The fourth-order valence-corrected chi connectivity index (χ4v) is 4.67. The summed E-state index contributed by atoms with van der Waals surface area (Å²) in [7, 11) is 0. The molecule has 7 nitrogen and oxygen atoms in total. The number of halogens is 1. The maximum absolute atomic E-state index is 13.0. The number of esters is 1. The van der Waals surface area contributed by atoms with Crippen LogP contribution in [0.15, 0.2) is 53.7 Å². The predicted molar refractivity (Wildman–Crippen MR) is 129 cm³/mol. The van der Waals surface area contributed by atoms with Crippen molar-refractivity contribution in [2.24, 2.45) is 0 Å². The van der Waals surface area contributed by atoms with E-state index in [0.717, 1.165) is 17.1 Å². The van der Waals surface area contributed by atoms with Crippen LogP contribution in [-0.4, -0.2) is 39.0 Å². The fourth-order valence-electron chi connectivity index (χ4n) is 2.92. The zero-order valence-electron chi connectivity index (χ0n) is 18.4. The molecule has 10 heteroatoms. The van der Waals surface area contributed by atoms with E-state index in [9.17, 15) is 14.0 Å². The molecule has 33 heavy (non-hydrogen) atoms. The third kappa shape index (κ3) is 7.33. The Bertz CT molecular complexity index is 1070. The number of carbonyl (C=O) groups is 2. The first-order valence-corrected chi connectivity index (χ1v) is 12.6. The van der Waals surface area contributed by atoms with E-state index in [1.165, 1.54) is 23.9 Å². The van der Waals surface area contributed by atoms with Gasteiger partial charge in [-0.25, -0.2) is 9.18 Å². The van der Waals surface area contributed by atoms with Crippen molar-refractivity contribution in [3.8, 4) is 0 Å². The minimum atomic E-state index is -0.392. The molecule has 1 N–H and O–H groups in total. The van der Waals surface area contributed by atoms with Gasteiger partial charge in [-0.3, -0.25) is 4.79 Å². The smallest absolute Gasteiger partial charge is 0.338 e. The highest BCUT2D eigenvalue weighted by Gasteiger charge is 2.14. The Hall–Kier alpha value is -2.85. The van der Waals surface area contributed by atoms with Crippen LogP contribution in [0.4, 0.5) is 10.1 Å². The van der Waals surface area contributed by atoms with Crippen LogP contribution in [0.25, 0.3) is 0 Å². The summed E-state index contributed by atoms with van der Waals surface area (Å²) in [6.45, 7) is 4.76. The molecule has 0 fully saturated rings. The van der Waals surface area contributed by atoms with Crippen molar-refractivity contribution < 1.29 is 18.7 Å². The Morgan fingerprint density at radius 1 is 1.03 bits per heavy atom. The number of nitrogens with zero attached hydrogens (tertiary/aromatic N) is 3. The Balaban J connectivity index is 1.49. The van der Waals surface area contributed by atoms with Gasteiger partial charge in [-0.15, -0.1) is 22.0 Å². The second-order valence-electron chi connectivity index (χ2n) is 6.90. The van der Waals surface area contributed by atoms with Crippen molar-refractivity contribution in [3.05, 3.63) is 71.3 Å². The van der Waals surface area contributed by atoms with Gasteiger partial charge in [-0.05, 0) is 55.8 Å². The predicted octanol–water partition coefficient (Wildman–Crippen LogP) is 4.78. The van der Waals surface area contributed by atoms with Crippen LogP contribution in [0.3, 0.4) is 0 Å². The SMILES string of the molecule is CCOC(=O)c1ccc(NC(=O)CSc2nnc(CSCc3ccc(F)cc3)n2CC)cc1. The van der Waals surface area contributed by atoms with Crippen LogP contribution in [0.5, 0.6) is 0 Å². The molecule has 0 atom stereocenters. The first-order chi connectivity index (χ1) is 16.0. The lowest BCUT2D eigenvalue weighted by Crippen LogP contribution is -2.15. The molecule has 174 valence electrons. The summed E-state index contributed by atoms with van der Waals surface area (Å²) < 4.78 is 20.0. The number of ether oxygens (including phenoxy) is 1. The normalized spacial score (nSPS) is 10.8. The molecule has 0 spiro atoms. The lowest BCUT2D eigenvalue weighted by molar-refractivity contribution is -0.113. The minimum Gasteiger partial charge on any atom is -0.462 e. The molecule has 0 aliphatic rings. The molecule has 1 amide bonds. The Morgan fingerprint density at radius 2 is 1.76 bits per heavy atom. The summed E-state index contributed by atoms with van der Waals surface area (Å²) in [4.78, 5) is 24.1. The maximum atomic E-state index is 13.0. The third-order valence-corrected chi connectivity index (χ3v) is 6.50. The number of amides is 1. The second-order valence-corrected chi connectivity index (χ2v) is 8.83. The van der Waals surface area contributed by atoms with Crippen molar-refractivity contribution in [1.29, 1.82) is 0 Å². The number of benzene rings is 2. The molecule has 2 aromatic carbocycles. The van der Waals surface area contributed by atoms with Crippen LogP contribution >= 0.6 is 23.5 Å². The molecule has 0 bridgehead atoms. The summed E-state index contributed by atoms with van der Waals surface area (Å²) in [5.74, 6) is 1.61. The summed E-state index contributed by atoms with van der Waals surface area (Å²) in [5, 5.41) is 12.0. The van der Waals surface area contributed by atoms with E-state index in [1.807, 2.05) is 11.5 Å². The number of anilines is 1. The molecule has 0 aliphatic heterocycles. The summed E-state index contributed by atoms with van der Waals surface area (Å²) in [6, 6.07) is 13.0. The topological polar surface area (TPSA) is 86.1 Å². The van der Waals surface area contributed by atoms with Gasteiger partial charge in [0.2, 0.25) is 5.91 Å². The van der Waals surface area contributed by atoms with E-state index in [2.05, 4.69) is 15.5 Å². The van der Waals surface area contributed by atoms with Gasteiger partial charge in [0.1, 0.15) is 11.6 Å². The quantitative estimate of drug-likeness (QED) is 0.307. The lowest BCUT2D eigenvalue weighted by Gasteiger charge is -2.08. The Morgan fingerprint density at radius 3 is 2.42 bits per heavy atom. The van der Waals surface area contributed by atoms with Crippen molar-refractivity contribution in [3.63, 3.8) is 0 Å². The maximum Gasteiger partial charge on any atom is 0.338 e. The highest BCUT2D eigenvalue weighted by molar-refractivity contribution is 7.99. The number of carbonyl (C=O) groups excluding carboxylic acids is 2. The lowest BCUT2D eigenvalue weighted by atomic mass is 10.2. The first kappa shape index (κ1) is 24.8. The standard InChI is InChI=1S/C23H25FN4O3S2/c1-3-28-20(14-32-13-16-5-9-18(24)10-6-16)26-27-23(28)33-15-21(29)25-19-11-7-17(8-12-19)22(30)31-4-2/h5-12H,3-4,13-15H2,1-2H3,(H,25,29). The van der Waals surface area contributed by atoms with Crippen molar-refractivity contribution >= 4 is 41.1 Å². The number of aromatic nitrogens is 3. The molecular weight excluding hydrogens is 463 g/mol. The van der Waals surface area contributed by atoms with E-state index < -0.39 is 5.97 Å². The van der Waals surface area contributed by atoms with E-state index in [-0.39, 0.29) is 17.5 Å². The number of thioether (sulfide) groups is 2. The van der Waals surface area contributed by atoms with Crippen LogP contribution in [0, 0.1) is 5.82 Å². The van der Waals surface area contributed by atoms with Crippen molar-refractivity contribution in [1.82, 2.24) is 14.8 Å². The molecule has 0 aliphatic carbocycles. The van der Waals surface area contributed by atoms with Crippen LogP contribution < -0.4 is 5.32 Å². The Kier molecular flexibility index (Phi) is 9.32. The number of hydrogen-bond donors (Lipinski definition) is 1. The summed E-state index contributed by atoms with van der Waals surface area (Å²) in [5.41, 5.74) is 2.08. The number of nitrogens with one attached hydrogen (secondary N) is 1. The van der Waals surface area contributed by atoms with Crippen LogP contribution in [0.1, 0.15) is 35.6 Å². The fraction of sp³-hybridized carbons (Fsp3) is 0.304. The molecular formula is C23H25FN4O3S2. The highest BCUT2D eigenvalue weighted by Crippen LogP contribution is 2.22. The van der Waals surface area contributed by atoms with Gasteiger partial charge in [0.25, 0.3) is 0 Å². The summed E-state index contributed by atoms with van der Waals surface area (Å²) >= 11 is 2.99. The minimum absolute atomic E-state index is 0.179. The third-order valence-electron chi connectivity index (χ3n) is 4.53. The molecule has 0 saturated carbocycles. The zero-order chi connectivity index (χ0) is 23.6. The van der Waals surface area contributed by atoms with E-state index >= 15 is 0 Å². The van der Waals surface area contributed by atoms with Crippen LogP contribution in [0.2, 0.25) is 0 Å². The average molecular weight is 489 g/mol. The van der Waals surface area contributed by atoms with Gasteiger partial charge < -0.3 is 14.6 Å². The van der Waals surface area contributed by atoms with Gasteiger partial charge in [0.15, 0.2) is 5.16 Å². The van der Waals surface area contributed by atoms with Crippen LogP contribution in [-0.2, 0) is 27.6 Å². The molecule has 1 aromatic heterocycles. The second kappa shape index (κ2) is 12.4. The zero-order valence-corrected chi connectivity index (χ0v) is 20.0. The number of hydrogen-bond acceptors (Lipinski definition) is 7. The highest BCUT2D eigenvalue weighted by atomic mass is 32.2. The van der Waals surface area contributed by atoms with E-state index in [1.54, 1.807) is 55.1 Å². The largest absolute Gasteiger partial charge is 0.462 e.